The number of thiazole rings is 1. The Bertz CT molecular complexity index is 1240. The molecule has 0 radical (unpaired) electrons. The van der Waals surface area contributed by atoms with E-state index in [1.807, 2.05) is 30.3 Å². The van der Waals surface area contributed by atoms with Crippen molar-refractivity contribution in [3.8, 4) is 10.6 Å². The first-order valence-electron chi connectivity index (χ1n) is 9.77. The lowest BCUT2D eigenvalue weighted by Crippen LogP contribution is -3.13. The van der Waals surface area contributed by atoms with Crippen LogP contribution in [-0.4, -0.2) is 40.8 Å². The fourth-order valence-corrected chi connectivity index (χ4v) is 5.86. The van der Waals surface area contributed by atoms with Crippen molar-refractivity contribution in [2.24, 2.45) is 0 Å². The van der Waals surface area contributed by atoms with Crippen molar-refractivity contribution in [1.82, 2.24) is 14.5 Å². The zero-order chi connectivity index (χ0) is 20.5. The van der Waals surface area contributed by atoms with Gasteiger partial charge >= 0.3 is 0 Å². The zero-order valence-corrected chi connectivity index (χ0v) is 19.4. The number of halogens is 1. The molecule has 9 heteroatoms. The molecule has 3 aromatic heterocycles. The summed E-state index contributed by atoms with van der Waals surface area (Å²) in [6, 6.07) is 11.7. The zero-order valence-electron chi connectivity index (χ0n) is 16.1. The quantitative estimate of drug-likeness (QED) is 0.454. The summed E-state index contributed by atoms with van der Waals surface area (Å²) in [5, 5.41) is 3.61. The predicted molar refractivity (Wildman–Crippen MR) is 123 cm³/mol. The van der Waals surface area contributed by atoms with Gasteiger partial charge < -0.3 is 9.64 Å². The number of nitrogens with one attached hydrogen (secondary N) is 1. The van der Waals surface area contributed by atoms with E-state index in [2.05, 4.69) is 27.4 Å². The van der Waals surface area contributed by atoms with Crippen LogP contribution in [0.3, 0.4) is 0 Å². The van der Waals surface area contributed by atoms with E-state index in [1.165, 1.54) is 4.90 Å². The summed E-state index contributed by atoms with van der Waals surface area (Å²) in [6.07, 6.45) is 0. The van der Waals surface area contributed by atoms with Gasteiger partial charge in [0.25, 0.3) is 5.56 Å². The molecule has 5 rings (SSSR count). The number of rotatable bonds is 5. The number of hydrogen-bond donors (Lipinski definition) is 1. The van der Waals surface area contributed by atoms with E-state index in [-0.39, 0.29) is 5.56 Å². The first kappa shape index (κ1) is 20.0. The highest BCUT2D eigenvalue weighted by molar-refractivity contribution is 9.11. The molecule has 30 heavy (non-hydrogen) atoms. The summed E-state index contributed by atoms with van der Waals surface area (Å²) in [4.78, 5) is 25.5. The largest absolute Gasteiger partial charge is 0.370 e. The predicted octanol–water partition coefficient (Wildman–Crippen LogP) is 2.81. The molecule has 0 bridgehead atoms. The Balaban J connectivity index is 1.51. The van der Waals surface area contributed by atoms with E-state index in [1.54, 1.807) is 27.2 Å². The molecule has 1 aliphatic heterocycles. The molecule has 4 heterocycles. The summed E-state index contributed by atoms with van der Waals surface area (Å²) in [5.41, 5.74) is 1.71. The average Bonchev–Trinajstić information content (AvgIpc) is 3.40. The Morgan fingerprint density at radius 2 is 1.97 bits per heavy atom. The van der Waals surface area contributed by atoms with Crippen molar-refractivity contribution in [3.05, 3.63) is 66.8 Å². The fourth-order valence-electron chi connectivity index (χ4n) is 3.66. The highest BCUT2D eigenvalue weighted by atomic mass is 79.9. The van der Waals surface area contributed by atoms with Gasteiger partial charge in [-0.25, -0.2) is 9.97 Å². The van der Waals surface area contributed by atoms with Crippen LogP contribution in [0.25, 0.3) is 21.5 Å². The molecule has 0 atom stereocenters. The molecule has 6 nitrogen and oxygen atoms in total. The number of nitrogens with zero attached hydrogens (tertiary/aromatic N) is 3. The molecule has 0 amide bonds. The van der Waals surface area contributed by atoms with Crippen LogP contribution in [0.2, 0.25) is 0 Å². The second kappa shape index (κ2) is 8.68. The van der Waals surface area contributed by atoms with Gasteiger partial charge in [0.15, 0.2) is 5.82 Å². The van der Waals surface area contributed by atoms with E-state index in [9.17, 15) is 4.79 Å². The van der Waals surface area contributed by atoms with Gasteiger partial charge in [0.1, 0.15) is 24.6 Å². The Hall–Kier alpha value is -1.91. The van der Waals surface area contributed by atoms with Gasteiger partial charge in [-0.2, -0.15) is 0 Å². The summed E-state index contributed by atoms with van der Waals surface area (Å²) in [6.45, 7) is 4.50. The lowest BCUT2D eigenvalue weighted by Gasteiger charge is -2.24. The molecule has 0 saturated carbocycles. The third-order valence-electron chi connectivity index (χ3n) is 5.22. The molecule has 4 aromatic rings. The second-order valence-corrected chi connectivity index (χ2v) is 10.6. The smallest absolute Gasteiger partial charge is 0.261 e. The monoisotopic (exact) mass is 503 g/mol. The number of ether oxygens (including phenoxy) is 1. The van der Waals surface area contributed by atoms with Gasteiger partial charge in [-0.15, -0.1) is 22.7 Å². The number of quaternary nitrogens is 1. The van der Waals surface area contributed by atoms with Gasteiger partial charge in [-0.3, -0.25) is 9.36 Å². The summed E-state index contributed by atoms with van der Waals surface area (Å²) in [7, 11) is 0. The van der Waals surface area contributed by atoms with Crippen LogP contribution in [0.15, 0.2) is 50.4 Å². The number of benzene rings is 1. The number of aromatic nitrogens is 3. The van der Waals surface area contributed by atoms with Gasteiger partial charge in [-0.05, 0) is 40.2 Å². The molecule has 0 unspecified atom stereocenters. The van der Waals surface area contributed by atoms with E-state index in [4.69, 9.17) is 14.7 Å². The van der Waals surface area contributed by atoms with Crippen LogP contribution in [0.5, 0.6) is 0 Å². The molecular formula is C21H20BrN4O2S2+. The Labute approximate surface area is 189 Å². The van der Waals surface area contributed by atoms with Gasteiger partial charge in [0.05, 0.1) is 45.0 Å². The minimum Gasteiger partial charge on any atom is -0.370 e. The van der Waals surface area contributed by atoms with Crippen LogP contribution in [-0.2, 0) is 17.8 Å². The number of para-hydroxylation sites is 1. The van der Waals surface area contributed by atoms with Crippen molar-refractivity contribution >= 4 is 49.5 Å². The molecule has 0 spiro atoms. The lowest BCUT2D eigenvalue weighted by atomic mass is 10.2. The Morgan fingerprint density at radius 1 is 1.13 bits per heavy atom. The van der Waals surface area contributed by atoms with Crippen LogP contribution < -0.4 is 10.5 Å². The second-order valence-electron chi connectivity index (χ2n) is 7.21. The molecule has 1 aliphatic rings. The average molecular weight is 504 g/mol. The lowest BCUT2D eigenvalue weighted by molar-refractivity contribution is -0.922. The van der Waals surface area contributed by atoms with Crippen LogP contribution >= 0.6 is 38.6 Å². The first-order chi connectivity index (χ1) is 14.7. The Morgan fingerprint density at radius 3 is 2.77 bits per heavy atom. The molecule has 0 aliphatic carbocycles. The van der Waals surface area contributed by atoms with E-state index in [0.717, 1.165) is 57.0 Å². The van der Waals surface area contributed by atoms with Crippen molar-refractivity contribution in [2.75, 3.05) is 26.3 Å². The number of thiophene rings is 1. The maximum atomic E-state index is 13.3. The number of morpholine rings is 1. The molecule has 1 aromatic carbocycles. The van der Waals surface area contributed by atoms with Crippen LogP contribution in [0, 0.1) is 0 Å². The van der Waals surface area contributed by atoms with Crippen molar-refractivity contribution < 1.29 is 9.64 Å². The van der Waals surface area contributed by atoms with Gasteiger partial charge in [-0.1, -0.05) is 12.1 Å². The third kappa shape index (κ3) is 4.13. The first-order valence-corrected chi connectivity index (χ1v) is 12.3. The minimum absolute atomic E-state index is 0.00104. The highest BCUT2D eigenvalue weighted by Gasteiger charge is 2.20. The summed E-state index contributed by atoms with van der Waals surface area (Å²) >= 11 is 6.75. The standard InChI is InChI=1S/C21H19BrN4O2S2/c22-18-6-5-17(30-18)16-13-29-20(24-16)12-26-19(11-25-7-9-28-10-8-25)23-15-4-2-1-3-14(15)21(26)27/h1-6,13H,7-12H2/p+1. The summed E-state index contributed by atoms with van der Waals surface area (Å²) < 4.78 is 8.37. The van der Waals surface area contributed by atoms with E-state index < -0.39 is 0 Å². The van der Waals surface area contributed by atoms with Crippen LogP contribution in [0.4, 0.5) is 0 Å². The normalized spacial score (nSPS) is 15.1. The van der Waals surface area contributed by atoms with Crippen molar-refractivity contribution in [1.29, 1.82) is 0 Å². The topological polar surface area (TPSA) is 61.4 Å². The minimum atomic E-state index is -0.00104. The number of hydrogen-bond acceptors (Lipinski definition) is 6. The molecule has 1 fully saturated rings. The van der Waals surface area contributed by atoms with Gasteiger partial charge in [0, 0.05) is 5.38 Å². The Kier molecular flexibility index (Phi) is 5.79. The molecule has 1 saturated heterocycles. The SMILES string of the molecule is O=c1c2ccccc2nc(C[NH+]2CCOCC2)n1Cc1nc(-c2ccc(Br)s2)cs1. The molecular weight excluding hydrogens is 484 g/mol. The van der Waals surface area contributed by atoms with E-state index >= 15 is 0 Å². The maximum absolute atomic E-state index is 13.3. The van der Waals surface area contributed by atoms with Gasteiger partial charge in [0.2, 0.25) is 0 Å². The van der Waals surface area contributed by atoms with Crippen LogP contribution in [0.1, 0.15) is 10.8 Å². The summed E-state index contributed by atoms with van der Waals surface area (Å²) in [5.74, 6) is 0.811. The fraction of sp³-hybridized carbons (Fsp3) is 0.286. The molecule has 1 N–H and O–H groups in total. The van der Waals surface area contributed by atoms with E-state index in [0.29, 0.717) is 18.5 Å². The number of fused-ring (bicyclic) bond motifs is 1. The van der Waals surface area contributed by atoms with Crippen molar-refractivity contribution in [2.45, 2.75) is 13.1 Å². The maximum Gasteiger partial charge on any atom is 0.261 e. The highest BCUT2D eigenvalue weighted by Crippen LogP contribution is 2.32. The van der Waals surface area contributed by atoms with Crippen molar-refractivity contribution in [3.63, 3.8) is 0 Å². The molecule has 154 valence electrons. The third-order valence-corrected chi connectivity index (χ3v) is 7.70.